The maximum atomic E-state index is 10.4. The summed E-state index contributed by atoms with van der Waals surface area (Å²) in [6, 6.07) is 0. The van der Waals surface area contributed by atoms with Gasteiger partial charge in [0.15, 0.2) is 0 Å². The SMILES string of the molecule is CCCN(CCC)CC(O)CS(=O)(=O)[O-].[Na+]. The van der Waals surface area contributed by atoms with E-state index < -0.39 is 22.0 Å². The van der Waals surface area contributed by atoms with E-state index in [1.165, 1.54) is 0 Å². The zero-order valence-electron chi connectivity index (χ0n) is 10.3. The molecule has 16 heavy (non-hydrogen) atoms. The standard InChI is InChI=1S/C9H21NO4S.Na/c1-3-5-10(6-4-2)7-9(11)8-15(12,13)14;/h9,11H,3-8H2,1-2H3,(H,12,13,14);/q;+1/p-1. The molecule has 0 aromatic rings. The largest absolute Gasteiger partial charge is 1.00 e. The molecule has 1 N–H and O–H groups in total. The van der Waals surface area contributed by atoms with Crippen molar-refractivity contribution < 1.29 is 47.6 Å². The fraction of sp³-hybridized carbons (Fsp3) is 1.00. The molecule has 0 aliphatic heterocycles. The molecule has 1 atom stereocenters. The molecule has 5 nitrogen and oxygen atoms in total. The molecular formula is C9H20NNaO4S. The van der Waals surface area contributed by atoms with Gasteiger partial charge in [-0.15, -0.1) is 0 Å². The first kappa shape index (κ1) is 19.2. The van der Waals surface area contributed by atoms with Gasteiger partial charge in [-0.25, -0.2) is 8.42 Å². The summed E-state index contributed by atoms with van der Waals surface area (Å²) in [5.41, 5.74) is 0. The molecule has 0 saturated heterocycles. The quantitative estimate of drug-likeness (QED) is 0.372. The molecule has 0 aliphatic carbocycles. The second kappa shape index (κ2) is 9.82. The monoisotopic (exact) mass is 261 g/mol. The van der Waals surface area contributed by atoms with Crippen molar-refractivity contribution in [2.75, 3.05) is 25.4 Å². The number of hydrogen-bond donors (Lipinski definition) is 1. The van der Waals surface area contributed by atoms with E-state index in [1.54, 1.807) is 0 Å². The Morgan fingerprint density at radius 2 is 1.69 bits per heavy atom. The first-order valence-corrected chi connectivity index (χ1v) is 6.80. The Bertz CT molecular complexity index is 252. The summed E-state index contributed by atoms with van der Waals surface area (Å²) in [4.78, 5) is 1.97. The number of rotatable bonds is 8. The average molecular weight is 261 g/mol. The summed E-state index contributed by atoms with van der Waals surface area (Å²) in [7, 11) is -4.33. The van der Waals surface area contributed by atoms with Crippen LogP contribution in [0.2, 0.25) is 0 Å². The second-order valence-electron chi connectivity index (χ2n) is 3.68. The Balaban J connectivity index is 0. The van der Waals surface area contributed by atoms with E-state index in [0.717, 1.165) is 25.9 Å². The first-order valence-electron chi connectivity index (χ1n) is 5.23. The van der Waals surface area contributed by atoms with Crippen molar-refractivity contribution in [3.63, 3.8) is 0 Å². The molecule has 0 amide bonds. The Morgan fingerprint density at radius 3 is 2.00 bits per heavy atom. The van der Waals surface area contributed by atoms with Gasteiger partial charge in [0.05, 0.1) is 22.0 Å². The van der Waals surface area contributed by atoms with Gasteiger partial charge in [-0.05, 0) is 25.9 Å². The van der Waals surface area contributed by atoms with Crippen molar-refractivity contribution in [2.24, 2.45) is 0 Å². The summed E-state index contributed by atoms with van der Waals surface area (Å²) in [5.74, 6) is -0.697. The van der Waals surface area contributed by atoms with Gasteiger partial charge in [0, 0.05) is 6.54 Å². The van der Waals surface area contributed by atoms with E-state index in [1.807, 2.05) is 18.7 Å². The van der Waals surface area contributed by atoms with E-state index in [2.05, 4.69) is 0 Å². The Morgan fingerprint density at radius 1 is 1.25 bits per heavy atom. The van der Waals surface area contributed by atoms with Gasteiger partial charge in [-0.1, -0.05) is 13.8 Å². The topological polar surface area (TPSA) is 80.7 Å². The van der Waals surface area contributed by atoms with Crippen LogP contribution in [0, 0.1) is 0 Å². The summed E-state index contributed by atoms with van der Waals surface area (Å²) in [6.45, 7) is 5.90. The van der Waals surface area contributed by atoms with E-state index in [0.29, 0.717) is 0 Å². The minimum absolute atomic E-state index is 0. The van der Waals surface area contributed by atoms with Crippen LogP contribution in [0.3, 0.4) is 0 Å². The smallest absolute Gasteiger partial charge is 0.748 e. The third kappa shape index (κ3) is 11.3. The van der Waals surface area contributed by atoms with Gasteiger partial charge < -0.3 is 14.6 Å². The van der Waals surface area contributed by atoms with Crippen LogP contribution in [0.15, 0.2) is 0 Å². The van der Waals surface area contributed by atoms with E-state index in [4.69, 9.17) is 0 Å². The summed E-state index contributed by atoms with van der Waals surface area (Å²) in [6.07, 6.45) is 0.804. The molecule has 0 aliphatic rings. The minimum atomic E-state index is -4.33. The Hall–Kier alpha value is 0.830. The number of aliphatic hydroxyl groups excluding tert-OH is 1. The van der Waals surface area contributed by atoms with Crippen molar-refractivity contribution in [3.8, 4) is 0 Å². The molecule has 92 valence electrons. The predicted octanol–water partition coefficient (Wildman–Crippen LogP) is -2.98. The van der Waals surface area contributed by atoms with Gasteiger partial charge in [0.25, 0.3) is 0 Å². The molecule has 7 heteroatoms. The van der Waals surface area contributed by atoms with Gasteiger partial charge >= 0.3 is 29.6 Å². The Kier molecular flexibility index (Phi) is 11.8. The van der Waals surface area contributed by atoms with Crippen molar-refractivity contribution >= 4 is 10.1 Å². The van der Waals surface area contributed by atoms with Crippen LogP contribution in [0.25, 0.3) is 0 Å². The number of hydrogen-bond acceptors (Lipinski definition) is 5. The number of nitrogens with zero attached hydrogens (tertiary/aromatic N) is 1. The van der Waals surface area contributed by atoms with Crippen molar-refractivity contribution in [2.45, 2.75) is 32.8 Å². The fourth-order valence-electron chi connectivity index (χ4n) is 1.51. The zero-order chi connectivity index (χ0) is 11.9. The third-order valence-corrected chi connectivity index (χ3v) is 2.74. The molecule has 0 aromatic carbocycles. The van der Waals surface area contributed by atoms with Gasteiger partial charge in [-0.3, -0.25) is 0 Å². The fourth-order valence-corrected chi connectivity index (χ4v) is 2.09. The van der Waals surface area contributed by atoms with Gasteiger partial charge in [0.2, 0.25) is 0 Å². The summed E-state index contributed by atoms with van der Waals surface area (Å²) in [5, 5.41) is 9.39. The van der Waals surface area contributed by atoms with Gasteiger partial charge in [0.1, 0.15) is 0 Å². The van der Waals surface area contributed by atoms with Crippen LogP contribution >= 0.6 is 0 Å². The second-order valence-corrected chi connectivity index (χ2v) is 5.13. The average Bonchev–Trinajstić information content (AvgIpc) is 2.00. The van der Waals surface area contributed by atoms with Crippen LogP contribution in [0.5, 0.6) is 0 Å². The molecule has 0 rings (SSSR count). The van der Waals surface area contributed by atoms with Crippen LogP contribution in [0.4, 0.5) is 0 Å². The minimum Gasteiger partial charge on any atom is -0.748 e. The predicted molar refractivity (Wildman–Crippen MR) is 57.6 cm³/mol. The van der Waals surface area contributed by atoms with Crippen LogP contribution < -0.4 is 29.6 Å². The van der Waals surface area contributed by atoms with Crippen LogP contribution in [-0.4, -0.2) is 54.5 Å². The molecule has 0 radical (unpaired) electrons. The zero-order valence-corrected chi connectivity index (χ0v) is 13.2. The van der Waals surface area contributed by atoms with Crippen LogP contribution in [0.1, 0.15) is 26.7 Å². The Labute approximate surface area is 120 Å². The first-order chi connectivity index (χ1) is 6.89. The molecule has 0 saturated carbocycles. The molecule has 0 fully saturated rings. The molecule has 1 unspecified atom stereocenters. The summed E-state index contributed by atoms with van der Waals surface area (Å²) < 4.78 is 31.2. The molecule has 0 spiro atoms. The van der Waals surface area contributed by atoms with Crippen molar-refractivity contribution in [1.29, 1.82) is 0 Å². The van der Waals surface area contributed by atoms with Gasteiger partial charge in [-0.2, -0.15) is 0 Å². The van der Waals surface area contributed by atoms with Crippen molar-refractivity contribution in [3.05, 3.63) is 0 Å². The van der Waals surface area contributed by atoms with E-state index in [9.17, 15) is 18.1 Å². The van der Waals surface area contributed by atoms with E-state index in [-0.39, 0.29) is 36.1 Å². The third-order valence-electron chi connectivity index (χ3n) is 1.95. The summed E-state index contributed by atoms with van der Waals surface area (Å²) >= 11 is 0. The molecule has 0 bridgehead atoms. The maximum Gasteiger partial charge on any atom is 1.00 e. The molecular weight excluding hydrogens is 241 g/mol. The van der Waals surface area contributed by atoms with Crippen molar-refractivity contribution in [1.82, 2.24) is 4.90 Å². The van der Waals surface area contributed by atoms with E-state index >= 15 is 0 Å². The van der Waals surface area contributed by atoms with Crippen LogP contribution in [-0.2, 0) is 10.1 Å². The molecule has 0 heterocycles. The number of aliphatic hydroxyl groups is 1. The molecule has 0 aromatic heterocycles. The normalized spacial score (nSPS) is 13.6. The maximum absolute atomic E-state index is 10.4.